The van der Waals surface area contributed by atoms with E-state index >= 15 is 0 Å². The van der Waals surface area contributed by atoms with E-state index in [1.165, 1.54) is 250 Å². The van der Waals surface area contributed by atoms with Crippen molar-refractivity contribution in [3.8, 4) is 0 Å². The third-order valence-corrected chi connectivity index (χ3v) is 14.5. The molecule has 0 aromatic carbocycles. The predicted octanol–water partition coefficient (Wildman–Crippen LogP) is 19.4. The van der Waals surface area contributed by atoms with Crippen molar-refractivity contribution in [2.45, 2.75) is 353 Å². The van der Waals surface area contributed by atoms with Gasteiger partial charge < -0.3 is 20.3 Å². The van der Waals surface area contributed by atoms with Gasteiger partial charge >= 0.3 is 5.97 Å². The van der Waals surface area contributed by atoms with Crippen LogP contribution in [-0.4, -0.2) is 47.4 Å². The van der Waals surface area contributed by atoms with Crippen LogP contribution in [0.25, 0.3) is 0 Å². The van der Waals surface area contributed by atoms with Crippen molar-refractivity contribution in [1.29, 1.82) is 0 Å². The number of nitrogens with one attached hydrogen (secondary N) is 1. The number of aliphatic hydroxyl groups is 2. The minimum absolute atomic E-state index is 0.00503. The Bertz CT molecular complexity index is 1080. The van der Waals surface area contributed by atoms with Crippen LogP contribution in [0.2, 0.25) is 0 Å². The summed E-state index contributed by atoms with van der Waals surface area (Å²) >= 11 is 0. The van der Waals surface area contributed by atoms with Gasteiger partial charge in [0.05, 0.1) is 25.4 Å². The van der Waals surface area contributed by atoms with Gasteiger partial charge in [0.2, 0.25) is 5.91 Å². The van der Waals surface area contributed by atoms with Gasteiger partial charge in [0.1, 0.15) is 0 Å². The first-order valence-electron chi connectivity index (χ1n) is 31.1. The van der Waals surface area contributed by atoms with E-state index in [0.29, 0.717) is 25.9 Å². The molecule has 0 aromatic rings. The molecule has 0 bridgehead atoms. The molecule has 2 unspecified atom stereocenters. The highest BCUT2D eigenvalue weighted by Crippen LogP contribution is 2.18. The number of unbranched alkanes of at least 4 members (excludes halogenated alkanes) is 43. The molecule has 2 atom stereocenters. The molecule has 0 aliphatic heterocycles. The molecule has 0 saturated heterocycles. The van der Waals surface area contributed by atoms with Gasteiger partial charge in [-0.3, -0.25) is 9.59 Å². The smallest absolute Gasteiger partial charge is 0.305 e. The highest BCUT2D eigenvalue weighted by molar-refractivity contribution is 5.76. The van der Waals surface area contributed by atoms with Gasteiger partial charge in [0.25, 0.3) is 0 Å². The number of aliphatic hydroxyl groups excluding tert-OH is 2. The Morgan fingerprint density at radius 1 is 0.406 bits per heavy atom. The van der Waals surface area contributed by atoms with Crippen molar-refractivity contribution in [2.75, 3.05) is 13.2 Å². The molecule has 0 aliphatic rings. The maximum Gasteiger partial charge on any atom is 0.305 e. The van der Waals surface area contributed by atoms with Gasteiger partial charge in [-0.25, -0.2) is 0 Å². The number of allylic oxidation sites excluding steroid dienone is 4. The molecule has 6 nitrogen and oxygen atoms in total. The highest BCUT2D eigenvalue weighted by Gasteiger charge is 2.20. The molecule has 6 heteroatoms. The lowest BCUT2D eigenvalue weighted by molar-refractivity contribution is -0.143. The molecule has 0 fully saturated rings. The summed E-state index contributed by atoms with van der Waals surface area (Å²) in [6.45, 7) is 4.93. The minimum atomic E-state index is -0.672. The Hall–Kier alpha value is -1.66. The predicted molar refractivity (Wildman–Crippen MR) is 301 cm³/mol. The molecule has 0 saturated carbocycles. The van der Waals surface area contributed by atoms with E-state index in [1.54, 1.807) is 0 Å². The van der Waals surface area contributed by atoms with Crippen molar-refractivity contribution in [3.63, 3.8) is 0 Å². The summed E-state index contributed by atoms with van der Waals surface area (Å²) in [5.41, 5.74) is 0. The Balaban J connectivity index is 3.42. The van der Waals surface area contributed by atoms with Gasteiger partial charge in [-0.05, 0) is 57.8 Å². The first-order chi connectivity index (χ1) is 34.0. The van der Waals surface area contributed by atoms with E-state index in [4.69, 9.17) is 4.74 Å². The largest absolute Gasteiger partial charge is 0.466 e. The van der Waals surface area contributed by atoms with Crippen LogP contribution in [0.1, 0.15) is 341 Å². The molecule has 0 rings (SSSR count). The van der Waals surface area contributed by atoms with Crippen molar-refractivity contribution in [1.82, 2.24) is 5.32 Å². The lowest BCUT2D eigenvalue weighted by atomic mass is 10.0. The fourth-order valence-corrected chi connectivity index (χ4v) is 9.73. The second-order valence-corrected chi connectivity index (χ2v) is 21.4. The molecule has 0 aliphatic carbocycles. The second kappa shape index (κ2) is 58.9. The van der Waals surface area contributed by atoms with E-state index in [2.05, 4.69) is 43.5 Å². The van der Waals surface area contributed by atoms with Crippen LogP contribution >= 0.6 is 0 Å². The van der Waals surface area contributed by atoms with E-state index in [1.807, 2.05) is 0 Å². The summed E-state index contributed by atoms with van der Waals surface area (Å²) in [5, 5.41) is 23.3. The van der Waals surface area contributed by atoms with Crippen LogP contribution in [0.4, 0.5) is 0 Å². The van der Waals surface area contributed by atoms with Crippen LogP contribution in [0.3, 0.4) is 0 Å². The fraction of sp³-hybridized carbons (Fsp3) is 0.905. The van der Waals surface area contributed by atoms with E-state index in [-0.39, 0.29) is 18.5 Å². The maximum absolute atomic E-state index is 12.5. The molecular formula is C63H121NO5. The van der Waals surface area contributed by atoms with E-state index in [9.17, 15) is 19.8 Å². The van der Waals surface area contributed by atoms with Crippen molar-refractivity contribution in [2.24, 2.45) is 0 Å². The monoisotopic (exact) mass is 972 g/mol. The Morgan fingerprint density at radius 3 is 1.13 bits per heavy atom. The molecule has 0 heterocycles. The number of hydrogen-bond acceptors (Lipinski definition) is 5. The summed E-state index contributed by atoms with van der Waals surface area (Å²) in [6.07, 6.45) is 71.7. The molecule has 0 aromatic heterocycles. The SMILES string of the molecule is CCCCC/C=C\C/C=C\CCCCCCCCCCCC(=O)OCCCCCCCCCCCCCCCCC(=O)NC(CO)C(O)CCCCCCCCCCCCCCCCCCCCC. The quantitative estimate of drug-likeness (QED) is 0.0321. The average Bonchev–Trinajstić information content (AvgIpc) is 3.35. The lowest BCUT2D eigenvalue weighted by Gasteiger charge is -2.22. The van der Waals surface area contributed by atoms with Crippen LogP contribution in [0.15, 0.2) is 24.3 Å². The molecule has 408 valence electrons. The molecule has 0 spiro atoms. The van der Waals surface area contributed by atoms with Gasteiger partial charge in [-0.15, -0.1) is 0 Å². The summed E-state index contributed by atoms with van der Waals surface area (Å²) in [7, 11) is 0. The number of hydrogen-bond donors (Lipinski definition) is 3. The standard InChI is InChI=1S/C63H121NO5/c1-3-5-7-9-11-13-15-17-19-21-23-25-27-31-35-39-43-47-51-55-61(66)60(59-65)64-62(67)56-52-48-44-40-36-32-29-30-34-38-42-46-50-54-58-69-63(68)57-53-49-45-41-37-33-28-26-24-22-20-18-16-14-12-10-8-6-4-2/h12,14,18,20,60-61,65-66H,3-11,13,15-17,19,21-59H2,1-2H3,(H,64,67)/b14-12-,20-18-. The number of ether oxygens (including phenoxy) is 1. The molecule has 0 radical (unpaired) electrons. The Morgan fingerprint density at radius 2 is 0.725 bits per heavy atom. The Kier molecular flexibility index (Phi) is 57.5. The van der Waals surface area contributed by atoms with Crippen molar-refractivity contribution in [3.05, 3.63) is 24.3 Å². The van der Waals surface area contributed by atoms with E-state index < -0.39 is 12.1 Å². The highest BCUT2D eigenvalue weighted by atomic mass is 16.5. The fourth-order valence-electron chi connectivity index (χ4n) is 9.73. The summed E-state index contributed by atoms with van der Waals surface area (Å²) in [4.78, 5) is 24.6. The number of esters is 1. The molecule has 69 heavy (non-hydrogen) atoms. The second-order valence-electron chi connectivity index (χ2n) is 21.4. The van der Waals surface area contributed by atoms with Gasteiger partial charge in [-0.2, -0.15) is 0 Å². The lowest BCUT2D eigenvalue weighted by Crippen LogP contribution is -2.45. The summed E-state index contributed by atoms with van der Waals surface area (Å²) < 4.78 is 5.49. The first kappa shape index (κ1) is 67.3. The molecule has 3 N–H and O–H groups in total. The van der Waals surface area contributed by atoms with Crippen LogP contribution in [0.5, 0.6) is 0 Å². The molecule has 1 amide bonds. The third kappa shape index (κ3) is 55.5. The third-order valence-electron chi connectivity index (χ3n) is 14.5. The normalized spacial score (nSPS) is 12.7. The number of carbonyl (C=O) groups is 2. The van der Waals surface area contributed by atoms with Gasteiger partial charge in [0.15, 0.2) is 0 Å². The van der Waals surface area contributed by atoms with Crippen LogP contribution < -0.4 is 5.32 Å². The van der Waals surface area contributed by atoms with Gasteiger partial charge in [-0.1, -0.05) is 295 Å². The number of rotatable bonds is 58. The zero-order chi connectivity index (χ0) is 50.0. The van der Waals surface area contributed by atoms with Gasteiger partial charge in [0, 0.05) is 12.8 Å². The maximum atomic E-state index is 12.5. The van der Waals surface area contributed by atoms with Crippen molar-refractivity contribution >= 4 is 11.9 Å². The van der Waals surface area contributed by atoms with Crippen LogP contribution in [0, 0.1) is 0 Å². The molecular weight excluding hydrogens is 851 g/mol. The minimum Gasteiger partial charge on any atom is -0.466 e. The van der Waals surface area contributed by atoms with E-state index in [0.717, 1.165) is 57.8 Å². The average molecular weight is 973 g/mol. The van der Waals surface area contributed by atoms with Crippen molar-refractivity contribution < 1.29 is 24.5 Å². The Labute approximate surface area is 431 Å². The number of amides is 1. The summed E-state index contributed by atoms with van der Waals surface area (Å²) in [6, 6.07) is -0.550. The zero-order valence-electron chi connectivity index (χ0n) is 46.6. The zero-order valence-corrected chi connectivity index (χ0v) is 46.6. The van der Waals surface area contributed by atoms with Crippen LogP contribution in [-0.2, 0) is 14.3 Å². The number of carbonyl (C=O) groups excluding carboxylic acids is 2. The topological polar surface area (TPSA) is 95.9 Å². The summed E-state index contributed by atoms with van der Waals surface area (Å²) in [5.74, 6) is -0.0476. The first-order valence-corrected chi connectivity index (χ1v) is 31.1.